The molecule has 0 N–H and O–H groups in total. The van der Waals surface area contributed by atoms with Gasteiger partial charge in [-0.25, -0.2) is 15.0 Å². The lowest BCUT2D eigenvalue weighted by Crippen LogP contribution is -2.03. The van der Waals surface area contributed by atoms with E-state index in [2.05, 4.69) is 156 Å². The highest BCUT2D eigenvalue weighted by Gasteiger charge is 2.22. The van der Waals surface area contributed by atoms with Crippen LogP contribution in [0.3, 0.4) is 0 Å². The molecule has 0 fully saturated rings. The monoisotopic (exact) mass is 633 g/mol. The van der Waals surface area contributed by atoms with Crippen LogP contribution >= 0.6 is 0 Å². The number of hydrogen-bond donors (Lipinski definition) is 0. The molecule has 0 spiro atoms. The Hall–Kier alpha value is -6.07. The lowest BCUT2D eigenvalue weighted by atomic mass is 9.96. The van der Waals surface area contributed by atoms with Gasteiger partial charge in [-0.3, -0.25) is 0 Å². The molecule has 5 nitrogen and oxygen atoms in total. The van der Waals surface area contributed by atoms with Crippen LogP contribution in [0.4, 0.5) is 0 Å². The molecule has 0 unspecified atom stereocenters. The van der Waals surface area contributed by atoms with Crippen LogP contribution in [-0.2, 0) is 0 Å². The summed E-state index contributed by atoms with van der Waals surface area (Å²) >= 11 is 0. The average molecular weight is 634 g/mol. The minimum atomic E-state index is 0.678. The first-order valence-electron chi connectivity index (χ1n) is 16.8. The van der Waals surface area contributed by atoms with Gasteiger partial charge in [0.15, 0.2) is 5.82 Å². The quantitative estimate of drug-likeness (QED) is 0.194. The Labute approximate surface area is 285 Å². The molecule has 0 atom stereocenters. The molecule has 3 aromatic heterocycles. The predicted octanol–water partition coefficient (Wildman–Crippen LogP) is 10.9. The molecule has 9 rings (SSSR count). The number of aromatic nitrogens is 5. The van der Waals surface area contributed by atoms with Gasteiger partial charge < -0.3 is 9.13 Å². The molecule has 5 heteroatoms. The topological polar surface area (TPSA) is 48.5 Å². The first-order chi connectivity index (χ1) is 23.8. The summed E-state index contributed by atoms with van der Waals surface area (Å²) < 4.78 is 4.86. The highest BCUT2D eigenvalue weighted by atomic mass is 15.0. The Bertz CT molecular complexity index is 2760. The minimum absolute atomic E-state index is 0.678. The molecule has 3 heterocycles. The third-order valence-corrected chi connectivity index (χ3v) is 9.69. The molecule has 0 aliphatic heterocycles. The van der Waals surface area contributed by atoms with E-state index >= 15 is 0 Å². The van der Waals surface area contributed by atoms with Gasteiger partial charge in [-0.05, 0) is 101 Å². The number of hydrogen-bond acceptors (Lipinski definition) is 3. The van der Waals surface area contributed by atoms with E-state index in [0.717, 1.165) is 28.1 Å². The van der Waals surface area contributed by atoms with Crippen molar-refractivity contribution in [2.24, 2.45) is 0 Å². The molecule has 0 aliphatic rings. The zero-order valence-corrected chi connectivity index (χ0v) is 28.3. The molecule has 0 amide bonds. The van der Waals surface area contributed by atoms with E-state index in [1.807, 2.05) is 13.8 Å². The number of aryl methyl sites for hydroxylation is 5. The Kier molecular flexibility index (Phi) is 6.53. The number of para-hydroxylation sites is 2. The van der Waals surface area contributed by atoms with Crippen molar-refractivity contribution in [3.63, 3.8) is 0 Å². The van der Waals surface area contributed by atoms with Crippen molar-refractivity contribution in [1.82, 2.24) is 24.1 Å². The minimum Gasteiger partial charge on any atom is -0.309 e. The van der Waals surface area contributed by atoms with Crippen molar-refractivity contribution in [1.29, 1.82) is 0 Å². The molecule has 0 saturated heterocycles. The summed E-state index contributed by atoms with van der Waals surface area (Å²) in [5.74, 6) is 2.10. The van der Waals surface area contributed by atoms with E-state index in [0.29, 0.717) is 17.5 Å². The number of benzene rings is 6. The maximum Gasteiger partial charge on any atom is 0.163 e. The Morgan fingerprint density at radius 1 is 0.388 bits per heavy atom. The molecule has 0 bridgehead atoms. The summed E-state index contributed by atoms with van der Waals surface area (Å²) in [6.45, 7) is 10.4. The second kappa shape index (κ2) is 11.0. The van der Waals surface area contributed by atoms with Crippen LogP contribution in [0, 0.1) is 34.6 Å². The van der Waals surface area contributed by atoms with E-state index in [9.17, 15) is 0 Å². The van der Waals surface area contributed by atoms with Gasteiger partial charge in [0, 0.05) is 38.2 Å². The molecular formula is C44H35N5. The van der Waals surface area contributed by atoms with Crippen molar-refractivity contribution in [2.75, 3.05) is 0 Å². The third kappa shape index (κ3) is 4.65. The summed E-state index contributed by atoms with van der Waals surface area (Å²) in [6, 6.07) is 44.5. The van der Waals surface area contributed by atoms with E-state index in [1.165, 1.54) is 60.3 Å². The van der Waals surface area contributed by atoms with Crippen molar-refractivity contribution < 1.29 is 0 Å². The summed E-state index contributed by atoms with van der Waals surface area (Å²) in [6.07, 6.45) is 0. The lowest BCUT2D eigenvalue weighted by Gasteiger charge is -2.20. The normalized spacial score (nSPS) is 11.8. The molecular weight excluding hydrogens is 599 g/mol. The van der Waals surface area contributed by atoms with Crippen LogP contribution in [0.25, 0.3) is 77.5 Å². The molecule has 9 aromatic rings. The standard InChI is InChI=1S/C44H35N5/c1-26-14-18-40-34(22-26)32-10-6-8-12-38(32)48(40)42-20-16-28(3)24-36(42)37-25-31(44-46-29(4)45-30(5)47-44)17-21-43(37)49-39-13-9-7-11-33(39)35-23-27(2)15-19-41(35)49/h6-25H,1-5H3. The van der Waals surface area contributed by atoms with Gasteiger partial charge in [-0.1, -0.05) is 71.3 Å². The number of nitrogens with zero attached hydrogens (tertiary/aromatic N) is 5. The van der Waals surface area contributed by atoms with E-state index in [1.54, 1.807) is 0 Å². The highest BCUT2D eigenvalue weighted by Crippen LogP contribution is 2.42. The first kappa shape index (κ1) is 29.1. The summed E-state index contributed by atoms with van der Waals surface area (Å²) in [7, 11) is 0. The van der Waals surface area contributed by atoms with Gasteiger partial charge in [-0.2, -0.15) is 0 Å². The molecule has 0 radical (unpaired) electrons. The van der Waals surface area contributed by atoms with Gasteiger partial charge in [0.1, 0.15) is 11.6 Å². The predicted molar refractivity (Wildman–Crippen MR) is 203 cm³/mol. The van der Waals surface area contributed by atoms with E-state index in [-0.39, 0.29) is 0 Å². The molecule has 0 saturated carbocycles. The Balaban J connectivity index is 1.42. The molecule has 0 aliphatic carbocycles. The zero-order chi connectivity index (χ0) is 33.4. The maximum atomic E-state index is 4.79. The van der Waals surface area contributed by atoms with Crippen molar-refractivity contribution >= 4 is 43.6 Å². The lowest BCUT2D eigenvalue weighted by molar-refractivity contribution is 0.928. The maximum absolute atomic E-state index is 4.79. The van der Waals surface area contributed by atoms with Crippen molar-refractivity contribution in [2.45, 2.75) is 34.6 Å². The molecule has 6 aromatic carbocycles. The van der Waals surface area contributed by atoms with E-state index < -0.39 is 0 Å². The fourth-order valence-corrected chi connectivity index (χ4v) is 7.58. The van der Waals surface area contributed by atoms with Crippen LogP contribution in [0.2, 0.25) is 0 Å². The Morgan fingerprint density at radius 2 is 0.837 bits per heavy atom. The SMILES string of the molecule is Cc1ccc(-n2c3ccccc3c3cc(C)ccc32)c(-c2cc(-c3nc(C)nc(C)n3)ccc2-n2c3ccccc3c3cc(C)ccc32)c1. The Morgan fingerprint density at radius 3 is 1.41 bits per heavy atom. The fourth-order valence-electron chi connectivity index (χ4n) is 7.58. The van der Waals surface area contributed by atoms with Crippen LogP contribution in [0.1, 0.15) is 28.3 Å². The van der Waals surface area contributed by atoms with Crippen LogP contribution in [0.5, 0.6) is 0 Å². The van der Waals surface area contributed by atoms with Gasteiger partial charge >= 0.3 is 0 Å². The van der Waals surface area contributed by atoms with Gasteiger partial charge in [-0.15, -0.1) is 0 Å². The molecule has 49 heavy (non-hydrogen) atoms. The third-order valence-electron chi connectivity index (χ3n) is 9.69. The largest absolute Gasteiger partial charge is 0.309 e. The highest BCUT2D eigenvalue weighted by molar-refractivity contribution is 6.11. The van der Waals surface area contributed by atoms with Gasteiger partial charge in [0.25, 0.3) is 0 Å². The average Bonchev–Trinajstić information content (AvgIpc) is 3.59. The fraction of sp³-hybridized carbons (Fsp3) is 0.114. The second-order valence-electron chi connectivity index (χ2n) is 13.3. The smallest absolute Gasteiger partial charge is 0.163 e. The zero-order valence-electron chi connectivity index (χ0n) is 28.3. The van der Waals surface area contributed by atoms with Crippen LogP contribution in [-0.4, -0.2) is 24.1 Å². The molecule has 236 valence electrons. The summed E-state index contributed by atoms with van der Waals surface area (Å²) in [5.41, 5.74) is 13.8. The summed E-state index contributed by atoms with van der Waals surface area (Å²) in [4.78, 5) is 14.0. The van der Waals surface area contributed by atoms with Crippen molar-refractivity contribution in [3.05, 3.63) is 150 Å². The first-order valence-corrected chi connectivity index (χ1v) is 16.8. The van der Waals surface area contributed by atoms with Crippen LogP contribution < -0.4 is 0 Å². The van der Waals surface area contributed by atoms with Crippen molar-refractivity contribution in [3.8, 4) is 33.9 Å². The van der Waals surface area contributed by atoms with Crippen LogP contribution in [0.15, 0.2) is 121 Å². The van der Waals surface area contributed by atoms with Gasteiger partial charge in [0.05, 0.1) is 33.4 Å². The number of rotatable bonds is 4. The van der Waals surface area contributed by atoms with E-state index in [4.69, 9.17) is 9.97 Å². The van der Waals surface area contributed by atoms with Gasteiger partial charge in [0.2, 0.25) is 0 Å². The number of fused-ring (bicyclic) bond motifs is 6. The second-order valence-corrected chi connectivity index (χ2v) is 13.3. The summed E-state index contributed by atoms with van der Waals surface area (Å²) in [5, 5.41) is 4.99.